The van der Waals surface area contributed by atoms with Crippen LogP contribution in [-0.2, 0) is 20.9 Å². The molecule has 1 aliphatic rings. The number of imide groups is 1. The Morgan fingerprint density at radius 3 is 2.44 bits per heavy atom. The van der Waals surface area contributed by atoms with Crippen LogP contribution >= 0.6 is 0 Å². The molecule has 0 spiro atoms. The maximum absolute atomic E-state index is 12.0. The van der Waals surface area contributed by atoms with Crippen LogP contribution in [0.5, 0.6) is 0 Å². The fourth-order valence-electron chi connectivity index (χ4n) is 1.88. The van der Waals surface area contributed by atoms with Crippen molar-refractivity contribution in [2.24, 2.45) is 0 Å². The van der Waals surface area contributed by atoms with Gasteiger partial charge in [0.25, 0.3) is 0 Å². The van der Waals surface area contributed by atoms with Crippen molar-refractivity contribution in [2.75, 3.05) is 13.1 Å². The summed E-state index contributed by atoms with van der Waals surface area (Å²) in [5.41, 5.74) is 1.70. The van der Waals surface area contributed by atoms with Crippen LogP contribution in [0.4, 0.5) is 0 Å². The smallest absolute Gasteiger partial charge is 0.246 e. The van der Waals surface area contributed by atoms with Crippen molar-refractivity contribution in [1.82, 2.24) is 20.0 Å². The highest BCUT2D eigenvalue weighted by Crippen LogP contribution is 2.04. The molecule has 7 nitrogen and oxygen atoms in total. The van der Waals surface area contributed by atoms with E-state index in [2.05, 4.69) is 10.4 Å². The zero-order valence-corrected chi connectivity index (χ0v) is 10.3. The highest BCUT2D eigenvalue weighted by molar-refractivity contribution is 6.02. The molecule has 0 aromatic carbocycles. The van der Waals surface area contributed by atoms with Crippen LogP contribution in [0, 0.1) is 13.8 Å². The molecular weight excluding hydrogens is 236 g/mol. The van der Waals surface area contributed by atoms with Crippen LogP contribution in [0.1, 0.15) is 11.4 Å². The number of carbonyl (C=O) groups excluding carboxylic acids is 3. The molecule has 0 aliphatic carbocycles. The van der Waals surface area contributed by atoms with Crippen LogP contribution < -0.4 is 5.32 Å². The Balaban J connectivity index is 2.06. The summed E-state index contributed by atoms with van der Waals surface area (Å²) in [6.45, 7) is 3.57. The minimum Gasteiger partial charge on any atom is -0.322 e. The van der Waals surface area contributed by atoms with Gasteiger partial charge >= 0.3 is 0 Å². The average Bonchev–Trinajstić information content (AvgIpc) is 2.56. The van der Waals surface area contributed by atoms with Crippen LogP contribution in [0.15, 0.2) is 6.07 Å². The van der Waals surface area contributed by atoms with E-state index in [0.717, 1.165) is 11.4 Å². The highest BCUT2D eigenvalue weighted by atomic mass is 16.2. The van der Waals surface area contributed by atoms with Gasteiger partial charge in [0.15, 0.2) is 0 Å². The number of hydrogen-bond acceptors (Lipinski definition) is 4. The summed E-state index contributed by atoms with van der Waals surface area (Å²) in [5.74, 6) is -1.19. The van der Waals surface area contributed by atoms with Crippen LogP contribution in [0.3, 0.4) is 0 Å². The molecule has 18 heavy (non-hydrogen) atoms. The molecule has 1 aliphatic heterocycles. The van der Waals surface area contributed by atoms with Crippen molar-refractivity contribution in [3.8, 4) is 0 Å². The second-order valence-electron chi connectivity index (χ2n) is 4.31. The molecule has 96 valence electrons. The van der Waals surface area contributed by atoms with E-state index >= 15 is 0 Å². The summed E-state index contributed by atoms with van der Waals surface area (Å²) in [6, 6.07) is 1.86. The van der Waals surface area contributed by atoms with Crippen molar-refractivity contribution in [2.45, 2.75) is 20.4 Å². The number of hydrogen-bond donors (Lipinski definition) is 1. The second kappa shape index (κ2) is 4.59. The van der Waals surface area contributed by atoms with Gasteiger partial charge in [-0.25, -0.2) is 0 Å². The van der Waals surface area contributed by atoms with E-state index < -0.39 is 11.8 Å². The van der Waals surface area contributed by atoms with E-state index in [1.807, 2.05) is 19.9 Å². The van der Waals surface area contributed by atoms with Gasteiger partial charge in [-0.2, -0.15) is 5.10 Å². The normalized spacial score (nSPS) is 15.8. The molecule has 1 aromatic heterocycles. The van der Waals surface area contributed by atoms with E-state index in [-0.39, 0.29) is 25.5 Å². The molecule has 0 radical (unpaired) electrons. The van der Waals surface area contributed by atoms with E-state index in [1.165, 1.54) is 4.90 Å². The van der Waals surface area contributed by atoms with Gasteiger partial charge in [-0.05, 0) is 19.9 Å². The van der Waals surface area contributed by atoms with Crippen molar-refractivity contribution < 1.29 is 14.4 Å². The number of aryl methyl sites for hydroxylation is 2. The third-order valence-corrected chi connectivity index (χ3v) is 2.69. The van der Waals surface area contributed by atoms with Crippen LogP contribution in [0.25, 0.3) is 0 Å². The molecule has 0 unspecified atom stereocenters. The molecule has 0 atom stereocenters. The Labute approximate surface area is 104 Å². The monoisotopic (exact) mass is 250 g/mol. The van der Waals surface area contributed by atoms with E-state index in [4.69, 9.17) is 0 Å². The van der Waals surface area contributed by atoms with Gasteiger partial charge in [0.2, 0.25) is 17.7 Å². The fraction of sp³-hybridized carbons (Fsp3) is 0.455. The highest BCUT2D eigenvalue weighted by Gasteiger charge is 2.26. The van der Waals surface area contributed by atoms with Gasteiger partial charge in [-0.15, -0.1) is 0 Å². The Hall–Kier alpha value is -2.18. The number of nitrogens with zero attached hydrogens (tertiary/aromatic N) is 3. The van der Waals surface area contributed by atoms with Crippen molar-refractivity contribution in [3.05, 3.63) is 17.5 Å². The first-order valence-electron chi connectivity index (χ1n) is 5.57. The third-order valence-electron chi connectivity index (χ3n) is 2.69. The minimum atomic E-state index is -0.451. The Kier molecular flexibility index (Phi) is 3.14. The largest absolute Gasteiger partial charge is 0.322 e. The first-order chi connectivity index (χ1) is 8.45. The van der Waals surface area contributed by atoms with Gasteiger partial charge in [-0.1, -0.05) is 0 Å². The van der Waals surface area contributed by atoms with Gasteiger partial charge in [-0.3, -0.25) is 24.4 Å². The van der Waals surface area contributed by atoms with E-state index in [9.17, 15) is 14.4 Å². The van der Waals surface area contributed by atoms with E-state index in [1.54, 1.807) is 4.68 Å². The van der Waals surface area contributed by atoms with Crippen LogP contribution in [0.2, 0.25) is 0 Å². The number of piperazine rings is 1. The summed E-state index contributed by atoms with van der Waals surface area (Å²) in [4.78, 5) is 35.5. The number of amides is 3. The molecule has 2 rings (SSSR count). The lowest BCUT2D eigenvalue weighted by molar-refractivity contribution is -0.145. The second-order valence-corrected chi connectivity index (χ2v) is 4.31. The lowest BCUT2D eigenvalue weighted by Crippen LogP contribution is -2.54. The SMILES string of the molecule is Cc1cc(C)n(CC(=O)N2CC(=O)NC(=O)C2)n1. The summed E-state index contributed by atoms with van der Waals surface area (Å²) in [5, 5.41) is 6.32. The first kappa shape index (κ1) is 12.3. The number of carbonyl (C=O) groups is 3. The molecule has 2 heterocycles. The third kappa shape index (κ3) is 2.55. The maximum Gasteiger partial charge on any atom is 0.246 e. The predicted octanol–water partition coefficient (Wildman–Crippen LogP) is -1.02. The quantitative estimate of drug-likeness (QED) is 0.681. The Morgan fingerprint density at radius 2 is 1.94 bits per heavy atom. The molecule has 1 saturated heterocycles. The molecule has 3 amide bonds. The molecular formula is C11H14N4O3. The van der Waals surface area contributed by atoms with E-state index in [0.29, 0.717) is 0 Å². The molecule has 1 N–H and O–H groups in total. The Morgan fingerprint density at radius 1 is 1.33 bits per heavy atom. The van der Waals surface area contributed by atoms with Gasteiger partial charge in [0.05, 0.1) is 5.69 Å². The summed E-state index contributed by atoms with van der Waals surface area (Å²) in [7, 11) is 0. The van der Waals surface area contributed by atoms with Gasteiger partial charge < -0.3 is 4.90 Å². The maximum atomic E-state index is 12.0. The minimum absolute atomic E-state index is 0.0419. The number of nitrogens with one attached hydrogen (secondary N) is 1. The molecule has 1 fully saturated rings. The van der Waals surface area contributed by atoms with Crippen molar-refractivity contribution >= 4 is 17.7 Å². The summed E-state index contributed by atoms with van der Waals surface area (Å²) >= 11 is 0. The lowest BCUT2D eigenvalue weighted by Gasteiger charge is -2.25. The van der Waals surface area contributed by atoms with Crippen molar-refractivity contribution in [1.29, 1.82) is 0 Å². The molecule has 0 bridgehead atoms. The van der Waals surface area contributed by atoms with Crippen LogP contribution in [-0.4, -0.2) is 45.5 Å². The number of aromatic nitrogens is 2. The molecule has 7 heteroatoms. The van der Waals surface area contributed by atoms with Crippen molar-refractivity contribution in [3.63, 3.8) is 0 Å². The van der Waals surface area contributed by atoms with Gasteiger partial charge in [0.1, 0.15) is 19.6 Å². The van der Waals surface area contributed by atoms with Gasteiger partial charge in [0, 0.05) is 5.69 Å². The summed E-state index contributed by atoms with van der Waals surface area (Å²) < 4.78 is 1.56. The predicted molar refractivity (Wildman–Crippen MR) is 61.4 cm³/mol. The standard InChI is InChI=1S/C11H14N4O3/c1-7-3-8(2)15(13-7)6-11(18)14-4-9(16)12-10(17)5-14/h3H,4-6H2,1-2H3,(H,12,16,17). The Bertz CT molecular complexity index is 504. The number of rotatable bonds is 2. The fourth-order valence-corrected chi connectivity index (χ4v) is 1.88. The lowest BCUT2D eigenvalue weighted by atomic mass is 10.3. The topological polar surface area (TPSA) is 84.3 Å². The zero-order chi connectivity index (χ0) is 13.3. The molecule has 1 aromatic rings. The zero-order valence-electron chi connectivity index (χ0n) is 10.3. The average molecular weight is 250 g/mol. The summed E-state index contributed by atoms with van der Waals surface area (Å²) in [6.07, 6.45) is 0. The first-order valence-corrected chi connectivity index (χ1v) is 5.57. The molecule has 0 saturated carbocycles.